The van der Waals surface area contributed by atoms with E-state index in [1.807, 2.05) is 6.92 Å². The highest BCUT2D eigenvalue weighted by molar-refractivity contribution is 5.56. The van der Waals surface area contributed by atoms with E-state index >= 15 is 0 Å². The summed E-state index contributed by atoms with van der Waals surface area (Å²) in [4.78, 5) is 7.92. The maximum Gasteiger partial charge on any atom is 0.170 e. The first kappa shape index (κ1) is 10.7. The van der Waals surface area contributed by atoms with Crippen LogP contribution in [0.5, 0.6) is 0 Å². The fourth-order valence-corrected chi connectivity index (χ4v) is 1.35. The van der Waals surface area contributed by atoms with Crippen molar-refractivity contribution >= 4 is 0 Å². The lowest BCUT2D eigenvalue weighted by atomic mass is 10.1. The summed E-state index contributed by atoms with van der Waals surface area (Å²) in [5, 5.41) is 0. The highest BCUT2D eigenvalue weighted by atomic mass is 19.2. The van der Waals surface area contributed by atoms with Crippen molar-refractivity contribution < 1.29 is 8.78 Å². The predicted molar refractivity (Wildman–Crippen MR) is 56.9 cm³/mol. The summed E-state index contributed by atoms with van der Waals surface area (Å²) in [7, 11) is 0. The zero-order chi connectivity index (χ0) is 11.7. The van der Waals surface area contributed by atoms with Crippen molar-refractivity contribution in [1.29, 1.82) is 0 Å². The van der Waals surface area contributed by atoms with Crippen molar-refractivity contribution in [3.8, 4) is 11.4 Å². The third-order valence-electron chi connectivity index (χ3n) is 2.30. The minimum Gasteiger partial charge on any atom is -0.236 e. The SMILES string of the molecule is Cc1cnc(-c2ccc(C)c(F)c2F)nc1. The summed E-state index contributed by atoms with van der Waals surface area (Å²) in [6.45, 7) is 3.34. The smallest absolute Gasteiger partial charge is 0.170 e. The van der Waals surface area contributed by atoms with Gasteiger partial charge in [-0.15, -0.1) is 0 Å². The van der Waals surface area contributed by atoms with E-state index in [2.05, 4.69) is 9.97 Å². The number of hydrogen-bond donors (Lipinski definition) is 0. The molecule has 0 amide bonds. The van der Waals surface area contributed by atoms with E-state index < -0.39 is 11.6 Å². The average Bonchev–Trinajstić information content (AvgIpc) is 2.28. The van der Waals surface area contributed by atoms with Crippen LogP contribution >= 0.6 is 0 Å². The molecule has 0 atom stereocenters. The summed E-state index contributed by atoms with van der Waals surface area (Å²) in [6, 6.07) is 3.00. The quantitative estimate of drug-likeness (QED) is 0.738. The summed E-state index contributed by atoms with van der Waals surface area (Å²) >= 11 is 0. The first-order valence-electron chi connectivity index (χ1n) is 4.83. The van der Waals surface area contributed by atoms with Crippen LogP contribution in [0.25, 0.3) is 11.4 Å². The molecule has 0 aliphatic rings. The van der Waals surface area contributed by atoms with E-state index in [1.165, 1.54) is 19.1 Å². The van der Waals surface area contributed by atoms with Gasteiger partial charge in [0.15, 0.2) is 17.5 Å². The zero-order valence-corrected chi connectivity index (χ0v) is 8.96. The molecule has 0 spiro atoms. The van der Waals surface area contributed by atoms with Crippen LogP contribution in [0.1, 0.15) is 11.1 Å². The molecule has 0 saturated carbocycles. The van der Waals surface area contributed by atoms with Crippen LogP contribution in [0.3, 0.4) is 0 Å². The van der Waals surface area contributed by atoms with Crippen LogP contribution in [-0.4, -0.2) is 9.97 Å². The molecule has 0 bridgehead atoms. The van der Waals surface area contributed by atoms with Crippen LogP contribution in [0.2, 0.25) is 0 Å². The highest BCUT2D eigenvalue weighted by Crippen LogP contribution is 2.22. The van der Waals surface area contributed by atoms with Gasteiger partial charge in [-0.3, -0.25) is 0 Å². The third kappa shape index (κ3) is 1.78. The van der Waals surface area contributed by atoms with Gasteiger partial charge in [-0.1, -0.05) is 6.07 Å². The molecule has 2 nitrogen and oxygen atoms in total. The number of halogens is 2. The second-order valence-electron chi connectivity index (χ2n) is 3.64. The molecule has 1 aromatic heterocycles. The lowest BCUT2D eigenvalue weighted by molar-refractivity contribution is 0.505. The summed E-state index contributed by atoms with van der Waals surface area (Å²) < 4.78 is 26.9. The molecule has 0 radical (unpaired) electrons. The third-order valence-corrected chi connectivity index (χ3v) is 2.30. The summed E-state index contributed by atoms with van der Waals surface area (Å²) in [6.07, 6.45) is 3.14. The Morgan fingerprint density at radius 3 is 2.19 bits per heavy atom. The van der Waals surface area contributed by atoms with Crippen molar-refractivity contribution in [3.05, 3.63) is 47.3 Å². The normalized spacial score (nSPS) is 10.5. The minimum absolute atomic E-state index is 0.0862. The standard InChI is InChI=1S/C12H10F2N2/c1-7-5-15-12(16-6-7)9-4-3-8(2)10(13)11(9)14/h3-6H,1-2H3. The minimum atomic E-state index is -0.899. The molecule has 0 aliphatic carbocycles. The van der Waals surface area contributed by atoms with Gasteiger partial charge in [0, 0.05) is 12.4 Å². The fraction of sp³-hybridized carbons (Fsp3) is 0.167. The van der Waals surface area contributed by atoms with Gasteiger partial charge in [-0.25, -0.2) is 18.7 Å². The van der Waals surface area contributed by atoms with E-state index in [0.29, 0.717) is 0 Å². The fourth-order valence-electron chi connectivity index (χ4n) is 1.35. The second-order valence-corrected chi connectivity index (χ2v) is 3.64. The lowest BCUT2D eigenvalue weighted by Gasteiger charge is -2.04. The van der Waals surface area contributed by atoms with E-state index in [4.69, 9.17) is 0 Å². The van der Waals surface area contributed by atoms with Crippen molar-refractivity contribution in [1.82, 2.24) is 9.97 Å². The van der Waals surface area contributed by atoms with Crippen LogP contribution in [-0.2, 0) is 0 Å². The van der Waals surface area contributed by atoms with Crippen molar-refractivity contribution in [2.24, 2.45) is 0 Å². The van der Waals surface area contributed by atoms with E-state index in [0.717, 1.165) is 5.56 Å². The Morgan fingerprint density at radius 2 is 1.56 bits per heavy atom. The number of benzene rings is 1. The van der Waals surface area contributed by atoms with Gasteiger partial charge >= 0.3 is 0 Å². The number of aromatic nitrogens is 2. The van der Waals surface area contributed by atoms with Gasteiger partial charge in [-0.2, -0.15) is 0 Å². The maximum atomic E-state index is 13.6. The van der Waals surface area contributed by atoms with Crippen molar-refractivity contribution in [2.45, 2.75) is 13.8 Å². The number of nitrogens with zero attached hydrogens (tertiary/aromatic N) is 2. The second kappa shape index (κ2) is 3.96. The van der Waals surface area contributed by atoms with Crippen LogP contribution in [0, 0.1) is 25.5 Å². The van der Waals surface area contributed by atoms with Gasteiger partial charge in [0.2, 0.25) is 0 Å². The first-order chi connectivity index (χ1) is 7.59. The largest absolute Gasteiger partial charge is 0.236 e. The Morgan fingerprint density at radius 1 is 0.938 bits per heavy atom. The Hall–Kier alpha value is -1.84. The van der Waals surface area contributed by atoms with Crippen LogP contribution < -0.4 is 0 Å². The topological polar surface area (TPSA) is 25.8 Å². The molecular formula is C12H10F2N2. The molecule has 1 heterocycles. The molecule has 0 unspecified atom stereocenters. The molecule has 1 aromatic carbocycles. The molecule has 4 heteroatoms. The molecule has 0 fully saturated rings. The van der Waals surface area contributed by atoms with Gasteiger partial charge in [0.05, 0.1) is 5.56 Å². The van der Waals surface area contributed by atoms with Crippen molar-refractivity contribution in [2.75, 3.05) is 0 Å². The maximum absolute atomic E-state index is 13.6. The molecule has 2 rings (SSSR count). The van der Waals surface area contributed by atoms with E-state index in [9.17, 15) is 8.78 Å². The average molecular weight is 220 g/mol. The Balaban J connectivity index is 2.57. The Kier molecular flexibility index (Phi) is 2.64. The molecule has 0 aliphatic heterocycles. The van der Waals surface area contributed by atoms with Crippen LogP contribution in [0.4, 0.5) is 8.78 Å². The molecule has 2 aromatic rings. The number of aryl methyl sites for hydroxylation is 2. The molecule has 0 saturated heterocycles. The Bertz CT molecular complexity index is 521. The van der Waals surface area contributed by atoms with Gasteiger partial charge < -0.3 is 0 Å². The number of rotatable bonds is 1. The molecular weight excluding hydrogens is 210 g/mol. The first-order valence-corrected chi connectivity index (χ1v) is 4.83. The lowest BCUT2D eigenvalue weighted by Crippen LogP contribution is -1.96. The Labute approximate surface area is 92.0 Å². The summed E-state index contributed by atoms with van der Waals surface area (Å²) in [5.41, 5.74) is 1.23. The number of hydrogen-bond acceptors (Lipinski definition) is 2. The predicted octanol–water partition coefficient (Wildman–Crippen LogP) is 3.04. The molecule has 0 N–H and O–H groups in total. The van der Waals surface area contributed by atoms with E-state index in [-0.39, 0.29) is 17.0 Å². The molecule has 16 heavy (non-hydrogen) atoms. The van der Waals surface area contributed by atoms with Gasteiger partial charge in [-0.05, 0) is 31.0 Å². The highest BCUT2D eigenvalue weighted by Gasteiger charge is 2.13. The van der Waals surface area contributed by atoms with Crippen LogP contribution in [0.15, 0.2) is 24.5 Å². The van der Waals surface area contributed by atoms with Gasteiger partial charge in [0.25, 0.3) is 0 Å². The monoisotopic (exact) mass is 220 g/mol. The molecule has 82 valence electrons. The zero-order valence-electron chi connectivity index (χ0n) is 8.96. The van der Waals surface area contributed by atoms with Gasteiger partial charge in [0.1, 0.15) is 0 Å². The summed E-state index contributed by atoms with van der Waals surface area (Å²) in [5.74, 6) is -1.55. The van der Waals surface area contributed by atoms with Crippen molar-refractivity contribution in [3.63, 3.8) is 0 Å². The van der Waals surface area contributed by atoms with E-state index in [1.54, 1.807) is 12.4 Å².